The Labute approximate surface area is 79.8 Å². The van der Waals surface area contributed by atoms with E-state index in [1.54, 1.807) is 0 Å². The molecule has 0 spiro atoms. The van der Waals surface area contributed by atoms with Crippen LogP contribution in [0.4, 0.5) is 4.39 Å². The highest BCUT2D eigenvalue weighted by atomic mass is 19.1. The van der Waals surface area contributed by atoms with Crippen molar-refractivity contribution in [1.29, 1.82) is 0 Å². The van der Waals surface area contributed by atoms with Crippen molar-refractivity contribution in [2.24, 2.45) is 5.73 Å². The third kappa shape index (κ3) is 2.70. The molecule has 76 valence electrons. The molecule has 0 fully saturated rings. The first-order valence-corrected chi connectivity index (χ1v) is 3.96. The van der Waals surface area contributed by atoms with E-state index in [2.05, 4.69) is 0 Å². The van der Waals surface area contributed by atoms with Crippen molar-refractivity contribution < 1.29 is 19.4 Å². The van der Waals surface area contributed by atoms with E-state index in [1.807, 2.05) is 0 Å². The van der Waals surface area contributed by atoms with E-state index in [9.17, 15) is 9.18 Å². The molecule has 1 aromatic rings. The molecule has 1 atom stereocenters. The molecule has 1 aromatic carbocycles. The maximum absolute atomic E-state index is 12.8. The van der Waals surface area contributed by atoms with Crippen molar-refractivity contribution in [3.63, 3.8) is 0 Å². The Bertz CT molecular complexity index is 334. The first-order valence-electron chi connectivity index (χ1n) is 3.96. The number of aliphatic carboxylic acids is 1. The number of rotatable bonds is 3. The second kappa shape index (κ2) is 4.06. The lowest BCUT2D eigenvalue weighted by Crippen LogP contribution is -2.15. The number of phenolic OH excluding ortho intramolecular Hbond substituents is 1. The molecule has 5 heteroatoms. The van der Waals surface area contributed by atoms with E-state index in [0.29, 0.717) is 0 Å². The molecular weight excluding hydrogens is 189 g/mol. The number of hydrogen-bond donors (Lipinski definition) is 3. The van der Waals surface area contributed by atoms with Crippen LogP contribution in [0.15, 0.2) is 18.2 Å². The zero-order valence-electron chi connectivity index (χ0n) is 7.27. The van der Waals surface area contributed by atoms with E-state index in [0.717, 1.165) is 12.1 Å². The fraction of sp³-hybridized carbons (Fsp3) is 0.222. The van der Waals surface area contributed by atoms with Crippen LogP contribution in [-0.4, -0.2) is 16.2 Å². The van der Waals surface area contributed by atoms with Crippen LogP contribution in [-0.2, 0) is 4.79 Å². The summed E-state index contributed by atoms with van der Waals surface area (Å²) in [6.45, 7) is 0. The molecule has 4 N–H and O–H groups in total. The molecule has 0 aliphatic carbocycles. The van der Waals surface area contributed by atoms with Crippen LogP contribution in [0.3, 0.4) is 0 Å². The van der Waals surface area contributed by atoms with Gasteiger partial charge in [-0.05, 0) is 17.7 Å². The van der Waals surface area contributed by atoms with Crippen molar-refractivity contribution in [1.82, 2.24) is 0 Å². The molecular formula is C9H10FNO3. The first kappa shape index (κ1) is 10.5. The monoisotopic (exact) mass is 199 g/mol. The zero-order chi connectivity index (χ0) is 10.7. The van der Waals surface area contributed by atoms with Crippen LogP contribution in [0, 0.1) is 5.82 Å². The van der Waals surface area contributed by atoms with E-state index in [1.165, 1.54) is 6.07 Å². The number of halogens is 1. The molecule has 0 bridgehead atoms. The SMILES string of the molecule is N[C@@H](CC(=O)O)c1cc(O)cc(F)c1. The molecule has 0 unspecified atom stereocenters. The number of hydrogen-bond acceptors (Lipinski definition) is 3. The standard InChI is InChI=1S/C9H10FNO3/c10-6-1-5(2-7(12)3-6)8(11)4-9(13)14/h1-3,8,12H,4,11H2,(H,13,14)/t8-/m0/s1. The summed E-state index contributed by atoms with van der Waals surface area (Å²) in [4.78, 5) is 10.3. The van der Waals surface area contributed by atoms with E-state index < -0.39 is 17.8 Å². The largest absolute Gasteiger partial charge is 0.508 e. The number of phenols is 1. The molecule has 0 saturated heterocycles. The highest BCUT2D eigenvalue weighted by Gasteiger charge is 2.12. The van der Waals surface area contributed by atoms with Gasteiger partial charge in [-0.25, -0.2) is 4.39 Å². The van der Waals surface area contributed by atoms with Crippen LogP contribution < -0.4 is 5.73 Å². The summed E-state index contributed by atoms with van der Waals surface area (Å²) in [7, 11) is 0. The van der Waals surface area contributed by atoms with Gasteiger partial charge in [-0.1, -0.05) is 0 Å². The smallest absolute Gasteiger partial charge is 0.305 e. The Morgan fingerprint density at radius 2 is 2.14 bits per heavy atom. The zero-order valence-corrected chi connectivity index (χ0v) is 7.27. The maximum Gasteiger partial charge on any atom is 0.305 e. The Hall–Kier alpha value is -1.62. The summed E-state index contributed by atoms with van der Waals surface area (Å²) in [5.74, 6) is -1.97. The van der Waals surface area contributed by atoms with Crippen molar-refractivity contribution in [2.75, 3.05) is 0 Å². The van der Waals surface area contributed by atoms with Gasteiger partial charge in [0.15, 0.2) is 0 Å². The third-order valence-electron chi connectivity index (χ3n) is 1.73. The van der Waals surface area contributed by atoms with Gasteiger partial charge in [0, 0.05) is 12.1 Å². The molecule has 4 nitrogen and oxygen atoms in total. The molecule has 0 aliphatic rings. The van der Waals surface area contributed by atoms with Gasteiger partial charge in [0.1, 0.15) is 11.6 Å². The second-order valence-corrected chi connectivity index (χ2v) is 2.95. The molecule has 0 aromatic heterocycles. The van der Waals surface area contributed by atoms with Crippen molar-refractivity contribution in [3.05, 3.63) is 29.6 Å². The summed E-state index contributed by atoms with van der Waals surface area (Å²) in [6, 6.07) is 2.47. The fourth-order valence-electron chi connectivity index (χ4n) is 1.12. The normalized spacial score (nSPS) is 12.4. The van der Waals surface area contributed by atoms with Crippen molar-refractivity contribution in [2.45, 2.75) is 12.5 Å². The van der Waals surface area contributed by atoms with Gasteiger partial charge in [0.25, 0.3) is 0 Å². The topological polar surface area (TPSA) is 83.6 Å². The van der Waals surface area contributed by atoms with Gasteiger partial charge in [0.2, 0.25) is 0 Å². The predicted octanol–water partition coefficient (Wildman–Crippen LogP) is 1.01. The minimum absolute atomic E-state index is 0.263. The van der Waals surface area contributed by atoms with Crippen molar-refractivity contribution in [3.8, 4) is 5.75 Å². The number of nitrogens with two attached hydrogens (primary N) is 1. The summed E-state index contributed by atoms with van der Waals surface area (Å²) in [6.07, 6.45) is -0.303. The van der Waals surface area contributed by atoms with Gasteiger partial charge < -0.3 is 15.9 Å². The minimum Gasteiger partial charge on any atom is -0.508 e. The fourth-order valence-corrected chi connectivity index (χ4v) is 1.12. The molecule has 0 amide bonds. The Balaban J connectivity index is 2.89. The quantitative estimate of drug-likeness (QED) is 0.678. The summed E-state index contributed by atoms with van der Waals surface area (Å²) in [5.41, 5.74) is 5.74. The Morgan fingerprint density at radius 3 is 2.64 bits per heavy atom. The Morgan fingerprint density at radius 1 is 1.50 bits per heavy atom. The number of carboxylic acids is 1. The van der Waals surface area contributed by atoms with Crippen LogP contribution in [0.2, 0.25) is 0 Å². The van der Waals surface area contributed by atoms with Crippen LogP contribution >= 0.6 is 0 Å². The van der Waals surface area contributed by atoms with Crippen LogP contribution in [0.5, 0.6) is 5.75 Å². The van der Waals surface area contributed by atoms with Gasteiger partial charge >= 0.3 is 5.97 Å². The van der Waals surface area contributed by atoms with E-state index in [4.69, 9.17) is 15.9 Å². The summed E-state index contributed by atoms with van der Waals surface area (Å²) < 4.78 is 12.8. The molecule has 0 saturated carbocycles. The lowest BCUT2D eigenvalue weighted by molar-refractivity contribution is -0.137. The van der Waals surface area contributed by atoms with Crippen LogP contribution in [0.25, 0.3) is 0 Å². The van der Waals surface area contributed by atoms with Crippen LogP contribution in [0.1, 0.15) is 18.0 Å². The molecule has 0 aliphatic heterocycles. The van der Waals surface area contributed by atoms with Gasteiger partial charge in [-0.3, -0.25) is 4.79 Å². The number of benzene rings is 1. The highest BCUT2D eigenvalue weighted by molar-refractivity contribution is 5.67. The lowest BCUT2D eigenvalue weighted by Gasteiger charge is -2.09. The van der Waals surface area contributed by atoms with E-state index in [-0.39, 0.29) is 17.7 Å². The Kier molecular flexibility index (Phi) is 3.03. The molecule has 1 rings (SSSR count). The average molecular weight is 199 g/mol. The number of carbonyl (C=O) groups is 1. The third-order valence-corrected chi connectivity index (χ3v) is 1.73. The molecule has 14 heavy (non-hydrogen) atoms. The first-order chi connectivity index (χ1) is 6.49. The van der Waals surface area contributed by atoms with Crippen molar-refractivity contribution >= 4 is 5.97 Å². The summed E-state index contributed by atoms with van der Waals surface area (Å²) in [5, 5.41) is 17.5. The average Bonchev–Trinajstić information content (AvgIpc) is 2.00. The van der Waals surface area contributed by atoms with Gasteiger partial charge in [-0.2, -0.15) is 0 Å². The number of aromatic hydroxyl groups is 1. The summed E-state index contributed by atoms with van der Waals surface area (Å²) >= 11 is 0. The highest BCUT2D eigenvalue weighted by Crippen LogP contribution is 2.20. The van der Waals surface area contributed by atoms with Gasteiger partial charge in [-0.15, -0.1) is 0 Å². The van der Waals surface area contributed by atoms with Gasteiger partial charge in [0.05, 0.1) is 6.42 Å². The lowest BCUT2D eigenvalue weighted by atomic mass is 10.0. The predicted molar refractivity (Wildman–Crippen MR) is 47.2 cm³/mol. The number of carboxylic acid groups (broad SMARTS) is 1. The molecule has 0 heterocycles. The second-order valence-electron chi connectivity index (χ2n) is 2.95. The maximum atomic E-state index is 12.8. The molecule has 0 radical (unpaired) electrons. The van der Waals surface area contributed by atoms with E-state index >= 15 is 0 Å². The minimum atomic E-state index is -1.07.